The summed E-state index contributed by atoms with van der Waals surface area (Å²) in [5.41, 5.74) is 3.88. The summed E-state index contributed by atoms with van der Waals surface area (Å²) in [6, 6.07) is 13.5. The van der Waals surface area contributed by atoms with Crippen LogP contribution in [-0.2, 0) is 27.7 Å². The minimum absolute atomic E-state index is 0.0788. The van der Waals surface area contributed by atoms with Crippen molar-refractivity contribution in [3.05, 3.63) is 59.2 Å². The van der Waals surface area contributed by atoms with E-state index >= 15 is 0 Å². The van der Waals surface area contributed by atoms with Crippen molar-refractivity contribution in [2.24, 2.45) is 0 Å². The van der Waals surface area contributed by atoms with Gasteiger partial charge in [0.15, 0.2) is 0 Å². The van der Waals surface area contributed by atoms with Crippen LogP contribution in [0, 0.1) is 6.92 Å². The van der Waals surface area contributed by atoms with E-state index in [2.05, 4.69) is 18.2 Å². The Balaban J connectivity index is 1.34. The van der Waals surface area contributed by atoms with Crippen LogP contribution in [0.3, 0.4) is 0 Å². The molecule has 0 saturated carbocycles. The van der Waals surface area contributed by atoms with E-state index < -0.39 is 10.0 Å². The minimum Gasteiger partial charge on any atom is -0.341 e. The van der Waals surface area contributed by atoms with Crippen LogP contribution >= 0.6 is 11.8 Å². The van der Waals surface area contributed by atoms with E-state index in [-0.39, 0.29) is 5.91 Å². The lowest BCUT2D eigenvalue weighted by molar-refractivity contribution is -0.128. The number of benzene rings is 2. The van der Waals surface area contributed by atoms with Gasteiger partial charge >= 0.3 is 0 Å². The monoisotopic (exact) mass is 444 g/mol. The molecule has 2 aromatic carbocycles. The highest BCUT2D eigenvalue weighted by Crippen LogP contribution is 2.28. The molecule has 1 aliphatic heterocycles. The second-order valence-corrected chi connectivity index (χ2v) is 11.0. The molecule has 1 aliphatic carbocycles. The molecule has 1 fully saturated rings. The molecular weight excluding hydrogens is 416 g/mol. The van der Waals surface area contributed by atoms with Crippen molar-refractivity contribution in [2.45, 2.75) is 42.4 Å². The number of amides is 1. The van der Waals surface area contributed by atoms with Gasteiger partial charge in [-0.1, -0.05) is 23.8 Å². The largest absolute Gasteiger partial charge is 0.341 e. The lowest BCUT2D eigenvalue weighted by Crippen LogP contribution is -2.38. The maximum absolute atomic E-state index is 12.9. The third kappa shape index (κ3) is 4.74. The fourth-order valence-corrected chi connectivity index (χ4v) is 6.45. The Morgan fingerprint density at radius 3 is 2.50 bits per heavy atom. The molecule has 0 bridgehead atoms. The maximum atomic E-state index is 12.9. The van der Waals surface area contributed by atoms with E-state index in [4.69, 9.17) is 0 Å². The second kappa shape index (κ2) is 9.12. The van der Waals surface area contributed by atoms with Gasteiger partial charge in [0.05, 0.1) is 10.6 Å². The molecule has 160 valence electrons. The van der Waals surface area contributed by atoms with Crippen LogP contribution in [0.4, 0.5) is 0 Å². The van der Waals surface area contributed by atoms with Crippen LogP contribution in [0.1, 0.15) is 29.5 Å². The molecule has 2 aromatic rings. The number of nitrogens with zero attached hydrogens (tertiary/aromatic N) is 2. The Bertz CT molecular complexity index is 1020. The predicted octanol–water partition coefficient (Wildman–Crippen LogP) is 3.50. The van der Waals surface area contributed by atoms with E-state index in [1.165, 1.54) is 21.9 Å². The van der Waals surface area contributed by atoms with Gasteiger partial charge < -0.3 is 4.90 Å². The molecular formula is C23H28N2O3S2. The van der Waals surface area contributed by atoms with E-state index in [1.54, 1.807) is 23.9 Å². The summed E-state index contributed by atoms with van der Waals surface area (Å²) < 4.78 is 27.4. The van der Waals surface area contributed by atoms with Gasteiger partial charge in [0, 0.05) is 31.1 Å². The summed E-state index contributed by atoms with van der Waals surface area (Å²) in [5, 5.41) is 0. The molecule has 0 radical (unpaired) electrons. The molecule has 1 amide bonds. The molecule has 0 N–H and O–H groups in total. The first kappa shape index (κ1) is 21.4. The summed E-state index contributed by atoms with van der Waals surface area (Å²) >= 11 is 1.58. The van der Waals surface area contributed by atoms with E-state index in [1.807, 2.05) is 24.0 Å². The smallest absolute Gasteiger partial charge is 0.243 e. The fourth-order valence-electron chi connectivity index (χ4n) is 4.12. The van der Waals surface area contributed by atoms with Crippen molar-refractivity contribution in [2.75, 3.05) is 31.9 Å². The van der Waals surface area contributed by atoms with Gasteiger partial charge in [-0.2, -0.15) is 4.31 Å². The van der Waals surface area contributed by atoms with Crippen molar-refractivity contribution >= 4 is 27.7 Å². The number of carbonyl (C=O) groups excluding carboxylic acids is 1. The molecule has 2 aliphatic rings. The van der Waals surface area contributed by atoms with Crippen molar-refractivity contribution in [1.29, 1.82) is 0 Å². The zero-order valence-corrected chi connectivity index (χ0v) is 19.0. The number of aryl methyl sites for hydroxylation is 3. The number of sulfonamides is 1. The molecule has 0 aromatic heterocycles. The number of rotatable bonds is 5. The Kier molecular flexibility index (Phi) is 6.51. The number of carbonyl (C=O) groups is 1. The van der Waals surface area contributed by atoms with Gasteiger partial charge in [0.25, 0.3) is 0 Å². The van der Waals surface area contributed by atoms with Crippen LogP contribution in [0.25, 0.3) is 0 Å². The van der Waals surface area contributed by atoms with Crippen molar-refractivity contribution in [3.63, 3.8) is 0 Å². The number of hydrogen-bond acceptors (Lipinski definition) is 4. The predicted molar refractivity (Wildman–Crippen MR) is 120 cm³/mol. The van der Waals surface area contributed by atoms with Crippen molar-refractivity contribution < 1.29 is 13.2 Å². The lowest BCUT2D eigenvalue weighted by atomic mass is 10.1. The molecule has 7 heteroatoms. The number of fused-ring (bicyclic) bond motifs is 1. The third-order valence-corrected chi connectivity index (χ3v) is 8.79. The molecule has 0 atom stereocenters. The number of thioether (sulfide) groups is 1. The van der Waals surface area contributed by atoms with Crippen LogP contribution in [0.15, 0.2) is 52.3 Å². The van der Waals surface area contributed by atoms with Crippen molar-refractivity contribution in [3.8, 4) is 0 Å². The van der Waals surface area contributed by atoms with E-state index in [0.29, 0.717) is 43.2 Å². The zero-order chi connectivity index (χ0) is 21.1. The van der Waals surface area contributed by atoms with Gasteiger partial charge in [0.1, 0.15) is 0 Å². The first-order chi connectivity index (χ1) is 14.4. The van der Waals surface area contributed by atoms with Crippen LogP contribution < -0.4 is 0 Å². The molecule has 4 rings (SSSR count). The van der Waals surface area contributed by atoms with Crippen LogP contribution in [0.5, 0.6) is 0 Å². The topological polar surface area (TPSA) is 57.7 Å². The summed E-state index contributed by atoms with van der Waals surface area (Å²) in [7, 11) is -3.52. The second-order valence-electron chi connectivity index (χ2n) is 8.02. The highest BCUT2D eigenvalue weighted by atomic mass is 32.2. The third-order valence-electron chi connectivity index (χ3n) is 5.90. The Hall–Kier alpha value is -1.83. The highest BCUT2D eigenvalue weighted by Gasteiger charge is 2.28. The zero-order valence-electron chi connectivity index (χ0n) is 17.3. The molecule has 0 spiro atoms. The Morgan fingerprint density at radius 2 is 1.70 bits per heavy atom. The summed E-state index contributed by atoms with van der Waals surface area (Å²) in [4.78, 5) is 16.0. The molecule has 0 unspecified atom stereocenters. The van der Waals surface area contributed by atoms with Gasteiger partial charge in [-0.3, -0.25) is 4.79 Å². The normalized spacial score (nSPS) is 17.6. The highest BCUT2D eigenvalue weighted by molar-refractivity contribution is 8.00. The Morgan fingerprint density at radius 1 is 0.933 bits per heavy atom. The molecule has 1 heterocycles. The summed E-state index contributed by atoms with van der Waals surface area (Å²) in [6.07, 6.45) is 4.17. The van der Waals surface area contributed by atoms with Crippen LogP contribution in [0.2, 0.25) is 0 Å². The standard InChI is InChI=1S/C23H28N2O3S2/c1-18-6-10-22(11-7-18)30(27,28)25-13-3-12-24(14-15-25)23(26)17-29-21-9-8-19-4-2-5-20(19)16-21/h6-11,16H,2-5,12-15,17H2,1H3. The van der Waals surface area contributed by atoms with Crippen LogP contribution in [-0.4, -0.2) is 55.5 Å². The van der Waals surface area contributed by atoms with Gasteiger partial charge in [-0.25, -0.2) is 8.42 Å². The quantitative estimate of drug-likeness (QED) is 0.663. The van der Waals surface area contributed by atoms with E-state index in [0.717, 1.165) is 23.3 Å². The fraction of sp³-hybridized carbons (Fsp3) is 0.435. The minimum atomic E-state index is -3.52. The van der Waals surface area contributed by atoms with Gasteiger partial charge in [-0.15, -0.1) is 11.8 Å². The average Bonchev–Trinajstić information content (AvgIpc) is 3.05. The lowest BCUT2D eigenvalue weighted by Gasteiger charge is -2.22. The SMILES string of the molecule is Cc1ccc(S(=O)(=O)N2CCCN(C(=O)CSc3ccc4c(c3)CCC4)CC2)cc1. The maximum Gasteiger partial charge on any atom is 0.243 e. The van der Waals surface area contributed by atoms with Gasteiger partial charge in [-0.05, 0) is 68.0 Å². The molecule has 1 saturated heterocycles. The Labute approximate surface area is 183 Å². The summed E-state index contributed by atoms with van der Waals surface area (Å²) in [5.74, 6) is 0.471. The average molecular weight is 445 g/mol. The molecule has 30 heavy (non-hydrogen) atoms. The number of hydrogen-bond donors (Lipinski definition) is 0. The van der Waals surface area contributed by atoms with Crippen molar-refractivity contribution in [1.82, 2.24) is 9.21 Å². The first-order valence-corrected chi connectivity index (χ1v) is 13.0. The molecule has 5 nitrogen and oxygen atoms in total. The van der Waals surface area contributed by atoms with Gasteiger partial charge in [0.2, 0.25) is 15.9 Å². The first-order valence-electron chi connectivity index (χ1n) is 10.5. The summed E-state index contributed by atoms with van der Waals surface area (Å²) in [6.45, 7) is 3.76. The van der Waals surface area contributed by atoms with E-state index in [9.17, 15) is 13.2 Å².